The molecule has 1 rings (SSSR count). The SMILES string of the molecule is CC[C@H](C(=O)OC(C)(C)C)N1CC(CS(=O)(=O)F)CC1=O. The molecule has 8 heteroatoms. The zero-order valence-corrected chi connectivity index (χ0v) is 13.6. The molecule has 0 saturated carbocycles. The van der Waals surface area contributed by atoms with Crippen LogP contribution >= 0.6 is 0 Å². The predicted molar refractivity (Wildman–Crippen MR) is 74.6 cm³/mol. The molecule has 1 unspecified atom stereocenters. The molecule has 0 aliphatic carbocycles. The molecule has 6 nitrogen and oxygen atoms in total. The third kappa shape index (κ3) is 5.61. The molecule has 0 spiro atoms. The molecule has 21 heavy (non-hydrogen) atoms. The van der Waals surface area contributed by atoms with Crippen LogP contribution in [0.15, 0.2) is 0 Å². The molecule has 0 N–H and O–H groups in total. The van der Waals surface area contributed by atoms with Crippen LogP contribution in [0.5, 0.6) is 0 Å². The number of nitrogens with zero attached hydrogens (tertiary/aromatic N) is 1. The molecule has 1 aliphatic rings. The lowest BCUT2D eigenvalue weighted by Gasteiger charge is -2.29. The van der Waals surface area contributed by atoms with Gasteiger partial charge >= 0.3 is 16.2 Å². The van der Waals surface area contributed by atoms with Crippen molar-refractivity contribution >= 4 is 22.1 Å². The Labute approximate surface area is 124 Å². The minimum absolute atomic E-state index is 0.0553. The summed E-state index contributed by atoms with van der Waals surface area (Å²) in [5, 5.41) is 0. The standard InChI is InChI=1S/C13H22FNO5S/c1-5-10(12(17)20-13(2,3)4)15-7-9(6-11(15)16)8-21(14,18)19/h9-10H,5-8H2,1-4H3/t9?,10-/m1/s1. The van der Waals surface area contributed by atoms with E-state index in [1.165, 1.54) is 4.90 Å². The van der Waals surface area contributed by atoms with E-state index in [0.29, 0.717) is 6.42 Å². The van der Waals surface area contributed by atoms with Gasteiger partial charge in [-0.05, 0) is 27.2 Å². The Balaban J connectivity index is 2.78. The normalized spacial score (nSPS) is 21.5. The van der Waals surface area contributed by atoms with E-state index in [-0.39, 0.29) is 18.9 Å². The first-order chi connectivity index (χ1) is 9.43. The molecule has 0 radical (unpaired) electrons. The minimum Gasteiger partial charge on any atom is -0.458 e. The lowest BCUT2D eigenvalue weighted by atomic mass is 10.1. The Morgan fingerprint density at radius 2 is 2.05 bits per heavy atom. The molecular weight excluding hydrogens is 301 g/mol. The van der Waals surface area contributed by atoms with Gasteiger partial charge in [-0.2, -0.15) is 8.42 Å². The molecular formula is C13H22FNO5S. The average Bonchev–Trinajstić information content (AvgIpc) is 2.55. The maximum atomic E-state index is 12.7. The van der Waals surface area contributed by atoms with Gasteiger partial charge < -0.3 is 9.64 Å². The Morgan fingerprint density at radius 1 is 1.48 bits per heavy atom. The first kappa shape index (κ1) is 17.9. The van der Waals surface area contributed by atoms with E-state index in [1.54, 1.807) is 27.7 Å². The smallest absolute Gasteiger partial charge is 0.329 e. The number of ether oxygens (including phenoxy) is 1. The second kappa shape index (κ2) is 6.29. The van der Waals surface area contributed by atoms with Crippen LogP contribution in [0, 0.1) is 5.92 Å². The van der Waals surface area contributed by atoms with Gasteiger partial charge in [-0.25, -0.2) is 4.79 Å². The van der Waals surface area contributed by atoms with Crippen molar-refractivity contribution in [2.24, 2.45) is 5.92 Å². The predicted octanol–water partition coefficient (Wildman–Crippen LogP) is 1.25. The Hall–Kier alpha value is -1.18. The van der Waals surface area contributed by atoms with E-state index in [0.717, 1.165) is 0 Å². The van der Waals surface area contributed by atoms with Crippen molar-refractivity contribution in [1.29, 1.82) is 0 Å². The van der Waals surface area contributed by atoms with Crippen LogP contribution < -0.4 is 0 Å². The zero-order valence-electron chi connectivity index (χ0n) is 12.8. The second-order valence-electron chi connectivity index (χ2n) is 6.28. The maximum Gasteiger partial charge on any atom is 0.329 e. The summed E-state index contributed by atoms with van der Waals surface area (Å²) in [5.41, 5.74) is -0.672. The highest BCUT2D eigenvalue weighted by molar-refractivity contribution is 7.86. The quantitative estimate of drug-likeness (QED) is 0.562. The summed E-state index contributed by atoms with van der Waals surface area (Å²) in [6, 6.07) is -0.760. The summed E-state index contributed by atoms with van der Waals surface area (Å²) in [7, 11) is -4.63. The van der Waals surface area contributed by atoms with Gasteiger partial charge in [0.25, 0.3) is 0 Å². The number of carbonyl (C=O) groups is 2. The fourth-order valence-corrected chi connectivity index (χ4v) is 3.17. The molecule has 1 fully saturated rings. The Bertz CT molecular complexity index is 511. The van der Waals surface area contributed by atoms with Gasteiger partial charge in [-0.15, -0.1) is 3.89 Å². The van der Waals surface area contributed by atoms with Crippen molar-refractivity contribution in [2.45, 2.75) is 52.2 Å². The van der Waals surface area contributed by atoms with Crippen molar-refractivity contribution < 1.29 is 26.6 Å². The van der Waals surface area contributed by atoms with Crippen LogP contribution in [0.3, 0.4) is 0 Å². The van der Waals surface area contributed by atoms with Gasteiger partial charge in [0, 0.05) is 18.9 Å². The summed E-state index contributed by atoms with van der Waals surface area (Å²) in [5.74, 6) is -2.19. The summed E-state index contributed by atoms with van der Waals surface area (Å²) < 4.78 is 39.3. The summed E-state index contributed by atoms with van der Waals surface area (Å²) in [4.78, 5) is 25.3. The average molecular weight is 323 g/mol. The minimum atomic E-state index is -4.63. The third-order valence-corrected chi connectivity index (χ3v) is 3.98. The lowest BCUT2D eigenvalue weighted by Crippen LogP contribution is -2.45. The number of hydrogen-bond donors (Lipinski definition) is 0. The van der Waals surface area contributed by atoms with E-state index in [9.17, 15) is 21.9 Å². The molecule has 1 saturated heterocycles. The van der Waals surface area contributed by atoms with Crippen molar-refractivity contribution in [1.82, 2.24) is 4.90 Å². The number of likely N-dealkylation sites (tertiary alicyclic amines) is 1. The zero-order chi connectivity index (χ0) is 16.4. The molecule has 2 atom stereocenters. The van der Waals surface area contributed by atoms with Gasteiger partial charge in [-0.1, -0.05) is 6.92 Å². The van der Waals surface area contributed by atoms with Gasteiger partial charge in [0.1, 0.15) is 11.6 Å². The first-order valence-electron chi connectivity index (χ1n) is 6.87. The van der Waals surface area contributed by atoms with Crippen molar-refractivity contribution in [3.8, 4) is 0 Å². The molecule has 122 valence electrons. The van der Waals surface area contributed by atoms with Crippen LogP contribution in [-0.2, 0) is 24.5 Å². The molecule has 1 aliphatic heterocycles. The molecule has 0 bridgehead atoms. The van der Waals surface area contributed by atoms with Crippen LogP contribution in [0.2, 0.25) is 0 Å². The topological polar surface area (TPSA) is 80.8 Å². The van der Waals surface area contributed by atoms with Gasteiger partial charge in [0.05, 0.1) is 5.75 Å². The van der Waals surface area contributed by atoms with Crippen molar-refractivity contribution in [2.75, 3.05) is 12.3 Å². The second-order valence-corrected chi connectivity index (χ2v) is 7.69. The van der Waals surface area contributed by atoms with Crippen LogP contribution in [0.4, 0.5) is 3.89 Å². The number of carbonyl (C=O) groups excluding carboxylic acids is 2. The van der Waals surface area contributed by atoms with E-state index in [4.69, 9.17) is 4.74 Å². The van der Waals surface area contributed by atoms with Gasteiger partial charge in [0.2, 0.25) is 5.91 Å². The van der Waals surface area contributed by atoms with Crippen LogP contribution in [0.25, 0.3) is 0 Å². The monoisotopic (exact) mass is 323 g/mol. The first-order valence-corrected chi connectivity index (χ1v) is 8.43. The fourth-order valence-electron chi connectivity index (χ4n) is 2.39. The summed E-state index contributed by atoms with van der Waals surface area (Å²) in [6.07, 6.45) is 0.290. The van der Waals surface area contributed by atoms with E-state index in [1.807, 2.05) is 0 Å². The van der Waals surface area contributed by atoms with E-state index in [2.05, 4.69) is 0 Å². The number of rotatable bonds is 5. The number of amides is 1. The Kier molecular flexibility index (Phi) is 5.35. The van der Waals surface area contributed by atoms with Crippen molar-refractivity contribution in [3.05, 3.63) is 0 Å². The molecule has 0 aromatic heterocycles. The molecule has 0 aromatic rings. The van der Waals surface area contributed by atoms with E-state index >= 15 is 0 Å². The largest absolute Gasteiger partial charge is 0.458 e. The van der Waals surface area contributed by atoms with Gasteiger partial charge in [0.15, 0.2) is 0 Å². The van der Waals surface area contributed by atoms with Gasteiger partial charge in [-0.3, -0.25) is 4.79 Å². The highest BCUT2D eigenvalue weighted by Crippen LogP contribution is 2.24. The lowest BCUT2D eigenvalue weighted by molar-refractivity contribution is -0.163. The number of hydrogen-bond acceptors (Lipinski definition) is 5. The summed E-state index contributed by atoms with van der Waals surface area (Å²) >= 11 is 0. The number of esters is 1. The molecule has 0 aromatic carbocycles. The molecule has 1 amide bonds. The maximum absolute atomic E-state index is 12.7. The van der Waals surface area contributed by atoms with Crippen LogP contribution in [-0.4, -0.2) is 49.1 Å². The van der Waals surface area contributed by atoms with Crippen LogP contribution in [0.1, 0.15) is 40.5 Å². The Morgan fingerprint density at radius 3 is 2.48 bits per heavy atom. The molecule has 1 heterocycles. The highest BCUT2D eigenvalue weighted by Gasteiger charge is 2.39. The van der Waals surface area contributed by atoms with Crippen molar-refractivity contribution in [3.63, 3.8) is 0 Å². The highest BCUT2D eigenvalue weighted by atomic mass is 32.3. The summed E-state index contributed by atoms with van der Waals surface area (Å²) in [6.45, 7) is 6.96. The fraction of sp³-hybridized carbons (Fsp3) is 0.846. The third-order valence-electron chi connectivity index (χ3n) is 3.12. The number of halogens is 1. The van der Waals surface area contributed by atoms with E-state index < -0.39 is 39.5 Å².